The molecule has 0 atom stereocenters. The first-order valence-corrected chi connectivity index (χ1v) is 8.85. The first-order valence-electron chi connectivity index (χ1n) is 8.85. The van der Waals surface area contributed by atoms with Crippen LogP contribution in [0, 0.1) is 0 Å². The van der Waals surface area contributed by atoms with Crippen LogP contribution in [0.5, 0.6) is 0 Å². The zero-order valence-corrected chi connectivity index (χ0v) is 14.6. The molecule has 0 aliphatic carbocycles. The topological polar surface area (TPSA) is 102 Å². The zero-order chi connectivity index (χ0) is 18.6. The fourth-order valence-electron chi connectivity index (χ4n) is 3.09. The number of carbonyl (C=O) groups is 2. The number of hydrogen-bond acceptors (Lipinski definition) is 5. The summed E-state index contributed by atoms with van der Waals surface area (Å²) in [4.78, 5) is 24.2. The molecule has 0 unspecified atom stereocenters. The van der Waals surface area contributed by atoms with E-state index in [1.54, 1.807) is 36.4 Å². The first-order chi connectivity index (χ1) is 13.2. The maximum Gasteiger partial charge on any atom is 0.291 e. The summed E-state index contributed by atoms with van der Waals surface area (Å²) in [5.74, 6) is 1.68. The molecule has 27 heavy (non-hydrogen) atoms. The van der Waals surface area contributed by atoms with Gasteiger partial charge in [0.1, 0.15) is 11.6 Å². The third kappa shape index (κ3) is 3.74. The van der Waals surface area contributed by atoms with Crippen molar-refractivity contribution >= 4 is 17.5 Å². The summed E-state index contributed by atoms with van der Waals surface area (Å²) in [6.07, 6.45) is 4.17. The van der Waals surface area contributed by atoms with Crippen molar-refractivity contribution in [3.63, 3.8) is 0 Å². The average Bonchev–Trinajstić information content (AvgIpc) is 3.41. The van der Waals surface area contributed by atoms with Crippen LogP contribution < -0.4 is 10.6 Å². The van der Waals surface area contributed by atoms with Gasteiger partial charge >= 0.3 is 0 Å². The molecule has 8 nitrogen and oxygen atoms in total. The highest BCUT2D eigenvalue weighted by molar-refractivity contribution is 6.02. The molecule has 1 aliphatic heterocycles. The molecular weight excluding hydrogens is 346 g/mol. The number of rotatable bonds is 6. The van der Waals surface area contributed by atoms with E-state index in [2.05, 4.69) is 25.4 Å². The molecule has 0 spiro atoms. The fraction of sp³-hybridized carbons (Fsp3) is 0.263. The highest BCUT2D eigenvalue weighted by Gasteiger charge is 2.17. The average molecular weight is 365 g/mol. The largest absolute Gasteiger partial charge is 0.459 e. The van der Waals surface area contributed by atoms with Gasteiger partial charge in [-0.1, -0.05) is 0 Å². The number of amides is 2. The van der Waals surface area contributed by atoms with Crippen LogP contribution in [0.2, 0.25) is 0 Å². The molecule has 3 heterocycles. The van der Waals surface area contributed by atoms with E-state index in [0.29, 0.717) is 24.2 Å². The lowest BCUT2D eigenvalue weighted by Crippen LogP contribution is -2.26. The Morgan fingerprint density at radius 3 is 2.74 bits per heavy atom. The molecule has 2 aromatic heterocycles. The molecule has 4 rings (SSSR count). The summed E-state index contributed by atoms with van der Waals surface area (Å²) in [5, 5.41) is 13.9. The van der Waals surface area contributed by atoms with Gasteiger partial charge in [0, 0.05) is 37.2 Å². The Balaban J connectivity index is 1.29. The van der Waals surface area contributed by atoms with Gasteiger partial charge in [-0.25, -0.2) is 0 Å². The van der Waals surface area contributed by atoms with E-state index in [1.165, 1.54) is 6.26 Å². The Hall–Kier alpha value is -3.42. The first kappa shape index (κ1) is 17.0. The normalized spacial score (nSPS) is 12.6. The van der Waals surface area contributed by atoms with E-state index in [-0.39, 0.29) is 17.6 Å². The molecular formula is C19H19N5O3. The lowest BCUT2D eigenvalue weighted by atomic mass is 10.2. The number of aryl methyl sites for hydroxylation is 1. The van der Waals surface area contributed by atoms with Gasteiger partial charge in [0.05, 0.1) is 6.26 Å². The molecule has 8 heteroatoms. The molecule has 0 saturated carbocycles. The standard InChI is InChI=1S/C19H19N5O3/c25-18(20-10-9-17-23-22-16-4-1-11-24(16)17)13-5-7-14(8-6-13)21-19(26)15-3-2-12-27-15/h2-3,5-8,12H,1,4,9-11H2,(H,20,25)(H,21,26). The number of aromatic nitrogens is 3. The van der Waals surface area contributed by atoms with E-state index in [9.17, 15) is 9.59 Å². The van der Waals surface area contributed by atoms with Crippen LogP contribution in [-0.2, 0) is 19.4 Å². The number of benzene rings is 1. The van der Waals surface area contributed by atoms with Gasteiger partial charge < -0.3 is 19.6 Å². The van der Waals surface area contributed by atoms with Crippen molar-refractivity contribution in [2.24, 2.45) is 0 Å². The van der Waals surface area contributed by atoms with Crippen molar-refractivity contribution < 1.29 is 14.0 Å². The van der Waals surface area contributed by atoms with Crippen LogP contribution in [0.25, 0.3) is 0 Å². The second-order valence-corrected chi connectivity index (χ2v) is 6.30. The highest BCUT2D eigenvalue weighted by Crippen LogP contribution is 2.14. The number of nitrogens with one attached hydrogen (secondary N) is 2. The van der Waals surface area contributed by atoms with E-state index >= 15 is 0 Å². The SMILES string of the molecule is O=C(NCCc1nnc2n1CCC2)c1ccc(NC(=O)c2ccco2)cc1. The van der Waals surface area contributed by atoms with Gasteiger partial charge in [-0.05, 0) is 42.8 Å². The Morgan fingerprint density at radius 2 is 1.96 bits per heavy atom. The molecule has 0 radical (unpaired) electrons. The second-order valence-electron chi connectivity index (χ2n) is 6.30. The van der Waals surface area contributed by atoms with Crippen molar-refractivity contribution in [2.45, 2.75) is 25.8 Å². The summed E-state index contributed by atoms with van der Waals surface area (Å²) < 4.78 is 7.17. The van der Waals surface area contributed by atoms with Crippen LogP contribution in [0.4, 0.5) is 5.69 Å². The zero-order valence-electron chi connectivity index (χ0n) is 14.6. The summed E-state index contributed by atoms with van der Waals surface area (Å²) in [7, 11) is 0. The predicted octanol–water partition coefficient (Wildman–Crippen LogP) is 2.04. The highest BCUT2D eigenvalue weighted by atomic mass is 16.3. The number of hydrogen-bond donors (Lipinski definition) is 2. The molecule has 138 valence electrons. The number of furan rings is 1. The van der Waals surface area contributed by atoms with E-state index in [0.717, 1.165) is 31.0 Å². The van der Waals surface area contributed by atoms with Crippen LogP contribution in [0.15, 0.2) is 47.1 Å². The smallest absolute Gasteiger partial charge is 0.291 e. The van der Waals surface area contributed by atoms with Crippen molar-refractivity contribution in [1.29, 1.82) is 0 Å². The maximum atomic E-state index is 12.3. The minimum atomic E-state index is -0.335. The van der Waals surface area contributed by atoms with Gasteiger partial charge in [0.2, 0.25) is 0 Å². The molecule has 3 aromatic rings. The van der Waals surface area contributed by atoms with Gasteiger partial charge in [0.25, 0.3) is 11.8 Å². The van der Waals surface area contributed by atoms with E-state index in [1.807, 2.05) is 0 Å². The minimum Gasteiger partial charge on any atom is -0.459 e. The van der Waals surface area contributed by atoms with Crippen molar-refractivity contribution in [3.8, 4) is 0 Å². The third-order valence-electron chi connectivity index (χ3n) is 4.47. The number of nitrogens with zero attached hydrogens (tertiary/aromatic N) is 3. The molecule has 0 saturated heterocycles. The number of fused-ring (bicyclic) bond motifs is 1. The Bertz CT molecular complexity index is 944. The van der Waals surface area contributed by atoms with Crippen LogP contribution >= 0.6 is 0 Å². The molecule has 0 bridgehead atoms. The molecule has 1 aliphatic rings. The van der Waals surface area contributed by atoms with Crippen molar-refractivity contribution in [3.05, 3.63) is 65.6 Å². The van der Waals surface area contributed by atoms with Crippen LogP contribution in [-0.4, -0.2) is 33.1 Å². The third-order valence-corrected chi connectivity index (χ3v) is 4.47. The van der Waals surface area contributed by atoms with E-state index in [4.69, 9.17) is 4.42 Å². The summed E-state index contributed by atoms with van der Waals surface area (Å²) >= 11 is 0. The lowest BCUT2D eigenvalue weighted by molar-refractivity contribution is 0.0953. The Labute approximate surface area is 155 Å². The predicted molar refractivity (Wildman–Crippen MR) is 97.5 cm³/mol. The summed E-state index contributed by atoms with van der Waals surface area (Å²) in [6, 6.07) is 9.93. The van der Waals surface area contributed by atoms with Gasteiger partial charge in [-0.3, -0.25) is 9.59 Å². The number of carbonyl (C=O) groups excluding carboxylic acids is 2. The molecule has 2 amide bonds. The Morgan fingerprint density at radius 1 is 1.11 bits per heavy atom. The quantitative estimate of drug-likeness (QED) is 0.696. The van der Waals surface area contributed by atoms with Crippen LogP contribution in [0.1, 0.15) is 39.0 Å². The Kier molecular flexibility index (Phi) is 4.69. The van der Waals surface area contributed by atoms with Crippen molar-refractivity contribution in [1.82, 2.24) is 20.1 Å². The van der Waals surface area contributed by atoms with E-state index < -0.39 is 0 Å². The molecule has 1 aromatic carbocycles. The monoisotopic (exact) mass is 365 g/mol. The second kappa shape index (κ2) is 7.45. The lowest BCUT2D eigenvalue weighted by Gasteiger charge is -2.07. The molecule has 0 fully saturated rings. The fourth-order valence-corrected chi connectivity index (χ4v) is 3.09. The summed E-state index contributed by atoms with van der Waals surface area (Å²) in [5.41, 5.74) is 1.12. The van der Waals surface area contributed by atoms with Gasteiger partial charge in [-0.15, -0.1) is 10.2 Å². The maximum absolute atomic E-state index is 12.3. The van der Waals surface area contributed by atoms with Gasteiger partial charge in [-0.2, -0.15) is 0 Å². The minimum absolute atomic E-state index is 0.167. The van der Waals surface area contributed by atoms with Gasteiger partial charge in [0.15, 0.2) is 5.76 Å². The number of anilines is 1. The van der Waals surface area contributed by atoms with Crippen molar-refractivity contribution in [2.75, 3.05) is 11.9 Å². The van der Waals surface area contributed by atoms with Crippen LogP contribution in [0.3, 0.4) is 0 Å². The summed E-state index contributed by atoms with van der Waals surface area (Å²) in [6.45, 7) is 1.45. The molecule has 2 N–H and O–H groups in total.